The summed E-state index contributed by atoms with van der Waals surface area (Å²) < 4.78 is 40.9. The molecule has 7 heteroatoms. The molecule has 1 fully saturated rings. The maximum atomic E-state index is 13.0. The zero-order chi connectivity index (χ0) is 15.5. The maximum Gasteiger partial charge on any atom is 0.393 e. The molecule has 2 rings (SSSR count). The molecule has 1 saturated carbocycles. The van der Waals surface area contributed by atoms with Gasteiger partial charge in [-0.3, -0.25) is 0 Å². The summed E-state index contributed by atoms with van der Waals surface area (Å²) in [5, 5.41) is 7.18. The summed E-state index contributed by atoms with van der Waals surface area (Å²) in [6.07, 6.45) is -0.359. The molecule has 0 saturated heterocycles. The van der Waals surface area contributed by atoms with E-state index in [4.69, 9.17) is 0 Å². The summed E-state index contributed by atoms with van der Waals surface area (Å²) in [6.45, 7) is 5.20. The molecule has 1 aromatic rings. The van der Waals surface area contributed by atoms with E-state index in [9.17, 15) is 13.2 Å². The van der Waals surface area contributed by atoms with Crippen molar-refractivity contribution in [3.8, 4) is 0 Å². The fourth-order valence-corrected chi connectivity index (χ4v) is 2.91. The minimum Gasteiger partial charge on any atom is -0.306 e. The summed E-state index contributed by atoms with van der Waals surface area (Å²) in [5.41, 5.74) is 0. The molecule has 21 heavy (non-hydrogen) atoms. The first kappa shape index (κ1) is 16.3. The van der Waals surface area contributed by atoms with E-state index in [0.717, 1.165) is 13.0 Å². The van der Waals surface area contributed by atoms with Crippen LogP contribution in [0.15, 0.2) is 6.33 Å². The minimum atomic E-state index is -4.12. The summed E-state index contributed by atoms with van der Waals surface area (Å²) in [5.74, 6) is -0.119. The lowest BCUT2D eigenvalue weighted by atomic mass is 9.84. The molecule has 1 heterocycles. The summed E-state index contributed by atoms with van der Waals surface area (Å²) in [7, 11) is 0. The SMILES string of the molecule is CC(C)Cn1ncnc1CN[C@@H]1CCCC[C@@H]1C(F)(F)F. The van der Waals surface area contributed by atoms with Crippen LogP contribution in [0.25, 0.3) is 0 Å². The third kappa shape index (κ3) is 4.43. The number of nitrogens with zero attached hydrogens (tertiary/aromatic N) is 3. The molecule has 0 bridgehead atoms. The topological polar surface area (TPSA) is 42.7 Å². The molecule has 1 aliphatic carbocycles. The van der Waals surface area contributed by atoms with Crippen LogP contribution in [0, 0.1) is 11.8 Å². The number of nitrogens with one attached hydrogen (secondary N) is 1. The molecule has 0 spiro atoms. The highest BCUT2D eigenvalue weighted by atomic mass is 19.4. The van der Waals surface area contributed by atoms with Crippen molar-refractivity contribution in [2.45, 2.75) is 64.8 Å². The predicted molar refractivity (Wildman–Crippen MR) is 73.5 cm³/mol. The summed E-state index contributed by atoms with van der Waals surface area (Å²) in [4.78, 5) is 4.15. The Labute approximate surface area is 123 Å². The molecule has 0 radical (unpaired) electrons. The van der Waals surface area contributed by atoms with Crippen molar-refractivity contribution in [3.63, 3.8) is 0 Å². The van der Waals surface area contributed by atoms with E-state index in [1.807, 2.05) is 0 Å². The van der Waals surface area contributed by atoms with Gasteiger partial charge in [-0.1, -0.05) is 26.7 Å². The molecule has 1 aromatic heterocycles. The Hall–Kier alpha value is -1.11. The van der Waals surface area contributed by atoms with Crippen LogP contribution in [-0.2, 0) is 13.1 Å². The Bertz CT molecular complexity index is 442. The first-order valence-corrected chi connectivity index (χ1v) is 7.54. The Morgan fingerprint density at radius 2 is 2.05 bits per heavy atom. The lowest BCUT2D eigenvalue weighted by molar-refractivity contribution is -0.189. The highest BCUT2D eigenvalue weighted by Crippen LogP contribution is 2.37. The van der Waals surface area contributed by atoms with Gasteiger partial charge in [0.25, 0.3) is 0 Å². The van der Waals surface area contributed by atoms with Crippen molar-refractivity contribution in [1.82, 2.24) is 20.1 Å². The van der Waals surface area contributed by atoms with E-state index in [2.05, 4.69) is 29.2 Å². The molecule has 0 aliphatic heterocycles. The average Bonchev–Trinajstić information content (AvgIpc) is 2.82. The molecular weight excluding hydrogens is 281 g/mol. The number of rotatable bonds is 5. The zero-order valence-electron chi connectivity index (χ0n) is 12.5. The molecule has 1 N–H and O–H groups in total. The predicted octanol–water partition coefficient (Wildman–Crippen LogP) is 3.14. The fraction of sp³-hybridized carbons (Fsp3) is 0.857. The van der Waals surface area contributed by atoms with Gasteiger partial charge in [-0.2, -0.15) is 18.3 Å². The van der Waals surface area contributed by atoms with Crippen LogP contribution in [0.5, 0.6) is 0 Å². The van der Waals surface area contributed by atoms with Gasteiger partial charge in [-0.25, -0.2) is 9.67 Å². The van der Waals surface area contributed by atoms with E-state index < -0.39 is 18.1 Å². The smallest absolute Gasteiger partial charge is 0.306 e. The number of alkyl halides is 3. The third-order valence-corrected chi connectivity index (χ3v) is 3.94. The van der Waals surface area contributed by atoms with Gasteiger partial charge in [0.05, 0.1) is 12.5 Å². The number of hydrogen-bond acceptors (Lipinski definition) is 3. The minimum absolute atomic E-state index is 0.222. The Morgan fingerprint density at radius 3 is 2.71 bits per heavy atom. The largest absolute Gasteiger partial charge is 0.393 e. The van der Waals surface area contributed by atoms with Gasteiger partial charge in [-0.05, 0) is 18.8 Å². The van der Waals surface area contributed by atoms with Crippen LogP contribution in [-0.4, -0.2) is 27.0 Å². The Morgan fingerprint density at radius 1 is 1.33 bits per heavy atom. The number of hydrogen-bond donors (Lipinski definition) is 1. The molecular formula is C14H23F3N4. The lowest BCUT2D eigenvalue weighted by Crippen LogP contribution is -2.45. The van der Waals surface area contributed by atoms with Gasteiger partial charge in [0, 0.05) is 12.6 Å². The first-order chi connectivity index (χ1) is 9.88. The molecule has 2 atom stereocenters. The fourth-order valence-electron chi connectivity index (χ4n) is 2.91. The van der Waals surface area contributed by atoms with Crippen LogP contribution < -0.4 is 5.32 Å². The van der Waals surface area contributed by atoms with E-state index in [1.54, 1.807) is 4.68 Å². The van der Waals surface area contributed by atoms with Crippen LogP contribution in [0.2, 0.25) is 0 Å². The number of halogens is 3. The molecule has 4 nitrogen and oxygen atoms in total. The molecule has 0 aromatic carbocycles. The first-order valence-electron chi connectivity index (χ1n) is 7.54. The van der Waals surface area contributed by atoms with Crippen LogP contribution in [0.1, 0.15) is 45.4 Å². The molecule has 0 amide bonds. The van der Waals surface area contributed by atoms with Crippen LogP contribution in [0.3, 0.4) is 0 Å². The maximum absolute atomic E-state index is 13.0. The normalized spacial score (nSPS) is 23.7. The third-order valence-electron chi connectivity index (χ3n) is 3.94. The quantitative estimate of drug-likeness (QED) is 0.908. The second kappa shape index (κ2) is 6.77. The molecule has 0 unspecified atom stereocenters. The number of aromatic nitrogens is 3. The highest BCUT2D eigenvalue weighted by Gasteiger charge is 2.45. The average molecular weight is 304 g/mol. The van der Waals surface area contributed by atoms with Gasteiger partial charge in [0.1, 0.15) is 12.2 Å². The summed E-state index contributed by atoms with van der Waals surface area (Å²) in [6, 6.07) is -0.511. The van der Waals surface area contributed by atoms with E-state index >= 15 is 0 Å². The van der Waals surface area contributed by atoms with Crippen molar-refractivity contribution in [2.24, 2.45) is 11.8 Å². The van der Waals surface area contributed by atoms with Crippen LogP contribution >= 0.6 is 0 Å². The molecule has 120 valence electrons. The van der Waals surface area contributed by atoms with Crippen molar-refractivity contribution in [1.29, 1.82) is 0 Å². The van der Waals surface area contributed by atoms with Gasteiger partial charge in [-0.15, -0.1) is 0 Å². The second-order valence-corrected chi connectivity index (χ2v) is 6.17. The second-order valence-electron chi connectivity index (χ2n) is 6.17. The van der Waals surface area contributed by atoms with Gasteiger partial charge in [0.15, 0.2) is 0 Å². The monoisotopic (exact) mass is 304 g/mol. The van der Waals surface area contributed by atoms with Crippen molar-refractivity contribution in [3.05, 3.63) is 12.2 Å². The van der Waals surface area contributed by atoms with E-state index in [0.29, 0.717) is 31.1 Å². The van der Waals surface area contributed by atoms with Crippen molar-refractivity contribution in [2.75, 3.05) is 0 Å². The van der Waals surface area contributed by atoms with Crippen molar-refractivity contribution < 1.29 is 13.2 Å². The standard InChI is InChI=1S/C14H23F3N4/c1-10(2)8-21-13(19-9-20-21)7-18-12-6-4-3-5-11(12)14(15,16)17/h9-12,18H,3-8H2,1-2H3/t11-,12+/m0/s1. The van der Waals surface area contributed by atoms with Crippen LogP contribution in [0.4, 0.5) is 13.2 Å². The van der Waals surface area contributed by atoms with Crippen molar-refractivity contribution >= 4 is 0 Å². The van der Waals surface area contributed by atoms with Gasteiger partial charge in [0.2, 0.25) is 0 Å². The van der Waals surface area contributed by atoms with Gasteiger partial charge < -0.3 is 5.32 Å². The Kier molecular flexibility index (Phi) is 5.24. The van der Waals surface area contributed by atoms with E-state index in [-0.39, 0.29) is 6.42 Å². The van der Waals surface area contributed by atoms with Gasteiger partial charge >= 0.3 is 6.18 Å². The Balaban J connectivity index is 1.96. The molecule has 1 aliphatic rings. The lowest BCUT2D eigenvalue weighted by Gasteiger charge is -2.33. The highest BCUT2D eigenvalue weighted by molar-refractivity contribution is 4.90. The van der Waals surface area contributed by atoms with E-state index in [1.165, 1.54) is 6.33 Å². The zero-order valence-corrected chi connectivity index (χ0v) is 12.5. The summed E-state index contributed by atoms with van der Waals surface area (Å²) >= 11 is 0.